The highest BCUT2D eigenvalue weighted by Gasteiger charge is 2.23. The first kappa shape index (κ1) is 15.7. The molecule has 0 saturated heterocycles. The number of aliphatic hydroxyl groups excluding tert-OH is 1. The van der Waals surface area contributed by atoms with Gasteiger partial charge in [-0.25, -0.2) is 0 Å². The van der Waals surface area contributed by atoms with Gasteiger partial charge in [-0.05, 0) is 69.4 Å². The van der Waals surface area contributed by atoms with Crippen LogP contribution in [0.5, 0.6) is 0 Å². The fourth-order valence-corrected chi connectivity index (χ4v) is 2.32. The van der Waals surface area contributed by atoms with Crippen LogP contribution < -0.4 is 0 Å². The third-order valence-electron chi connectivity index (χ3n) is 4.46. The van der Waals surface area contributed by atoms with Crippen molar-refractivity contribution in [1.82, 2.24) is 4.90 Å². The van der Waals surface area contributed by atoms with Gasteiger partial charge in [0.15, 0.2) is 0 Å². The largest absolute Gasteiger partial charge is 0.394 e. The van der Waals surface area contributed by atoms with Crippen LogP contribution in [0.4, 0.5) is 0 Å². The monoisotopic (exact) mass is 263 g/mol. The van der Waals surface area contributed by atoms with Crippen LogP contribution in [-0.2, 0) is 0 Å². The minimum absolute atomic E-state index is 0.0113. The molecule has 0 radical (unpaired) electrons. The SMILES string of the molecule is Cc1c(C)c(C)c(C(=O)N(C)C(C)CO)c(C)c1C. The lowest BCUT2D eigenvalue weighted by molar-refractivity contribution is 0.0680. The molecule has 0 aromatic heterocycles. The Morgan fingerprint density at radius 3 is 1.74 bits per heavy atom. The minimum atomic E-state index is -0.173. The van der Waals surface area contributed by atoms with E-state index in [1.54, 1.807) is 11.9 Å². The number of carbonyl (C=O) groups excluding carboxylic acids is 1. The summed E-state index contributed by atoms with van der Waals surface area (Å²) in [6.45, 7) is 12.0. The first-order valence-corrected chi connectivity index (χ1v) is 6.68. The third-order valence-corrected chi connectivity index (χ3v) is 4.46. The van der Waals surface area contributed by atoms with E-state index in [1.807, 2.05) is 20.8 Å². The lowest BCUT2D eigenvalue weighted by Crippen LogP contribution is -2.38. The van der Waals surface area contributed by atoms with Crippen molar-refractivity contribution in [1.29, 1.82) is 0 Å². The van der Waals surface area contributed by atoms with Crippen molar-refractivity contribution in [2.45, 2.75) is 47.6 Å². The molecule has 1 amide bonds. The van der Waals surface area contributed by atoms with E-state index < -0.39 is 0 Å². The number of carbonyl (C=O) groups is 1. The number of benzene rings is 1. The number of likely N-dealkylation sites (N-methyl/N-ethyl adjacent to an activating group) is 1. The molecule has 1 aromatic rings. The molecular weight excluding hydrogens is 238 g/mol. The second kappa shape index (κ2) is 5.74. The van der Waals surface area contributed by atoms with Gasteiger partial charge in [-0.15, -0.1) is 0 Å². The summed E-state index contributed by atoms with van der Waals surface area (Å²) in [5, 5.41) is 9.20. The zero-order valence-electron chi connectivity index (χ0n) is 13.1. The van der Waals surface area contributed by atoms with E-state index in [0.717, 1.165) is 16.7 Å². The molecule has 0 heterocycles. The molecule has 3 nitrogen and oxygen atoms in total. The van der Waals surface area contributed by atoms with Gasteiger partial charge >= 0.3 is 0 Å². The molecule has 1 aromatic carbocycles. The van der Waals surface area contributed by atoms with Gasteiger partial charge in [0.2, 0.25) is 0 Å². The number of rotatable bonds is 3. The lowest BCUT2D eigenvalue weighted by Gasteiger charge is -2.26. The van der Waals surface area contributed by atoms with Crippen LogP contribution in [0.2, 0.25) is 0 Å². The number of hydrogen-bond acceptors (Lipinski definition) is 2. The number of aliphatic hydroxyl groups is 1. The van der Waals surface area contributed by atoms with Gasteiger partial charge in [0, 0.05) is 12.6 Å². The maximum atomic E-state index is 12.6. The molecule has 1 atom stereocenters. The highest BCUT2D eigenvalue weighted by molar-refractivity contribution is 5.98. The molecular formula is C16H25NO2. The molecule has 1 rings (SSSR count). The Kier molecular flexibility index (Phi) is 4.75. The van der Waals surface area contributed by atoms with Crippen LogP contribution in [0.15, 0.2) is 0 Å². The van der Waals surface area contributed by atoms with Crippen molar-refractivity contribution in [2.75, 3.05) is 13.7 Å². The van der Waals surface area contributed by atoms with Gasteiger partial charge < -0.3 is 10.0 Å². The molecule has 3 heteroatoms. The van der Waals surface area contributed by atoms with Crippen molar-refractivity contribution in [2.24, 2.45) is 0 Å². The predicted molar refractivity (Wildman–Crippen MR) is 78.8 cm³/mol. The van der Waals surface area contributed by atoms with Gasteiger partial charge in [0.25, 0.3) is 5.91 Å². The zero-order chi connectivity index (χ0) is 14.9. The van der Waals surface area contributed by atoms with Gasteiger partial charge in [-0.1, -0.05) is 0 Å². The lowest BCUT2D eigenvalue weighted by atomic mass is 9.89. The summed E-state index contributed by atoms with van der Waals surface area (Å²) in [6, 6.07) is -0.173. The Balaban J connectivity index is 3.40. The Bertz CT molecular complexity index is 477. The van der Waals surface area contributed by atoms with E-state index in [0.29, 0.717) is 0 Å². The van der Waals surface area contributed by atoms with E-state index in [2.05, 4.69) is 20.8 Å². The Morgan fingerprint density at radius 1 is 1.00 bits per heavy atom. The summed E-state index contributed by atoms with van der Waals surface area (Å²) < 4.78 is 0. The topological polar surface area (TPSA) is 40.5 Å². The standard InChI is InChI=1S/C16H25NO2/c1-9(8-18)17(7)16(19)15-13(5)11(3)10(2)12(4)14(15)6/h9,18H,8H2,1-7H3. The smallest absolute Gasteiger partial charge is 0.254 e. The van der Waals surface area contributed by atoms with Crippen molar-refractivity contribution >= 4 is 5.91 Å². The summed E-state index contributed by atoms with van der Waals surface area (Å²) >= 11 is 0. The molecule has 0 aliphatic rings. The average Bonchev–Trinajstić information content (AvgIpc) is 2.41. The molecule has 1 unspecified atom stereocenters. The second-order valence-corrected chi connectivity index (χ2v) is 5.45. The summed E-state index contributed by atoms with van der Waals surface area (Å²) in [4.78, 5) is 14.2. The van der Waals surface area contributed by atoms with Gasteiger partial charge in [0.1, 0.15) is 0 Å². The van der Waals surface area contributed by atoms with Crippen LogP contribution in [0.1, 0.15) is 45.1 Å². The van der Waals surface area contributed by atoms with Gasteiger partial charge in [0.05, 0.1) is 12.6 Å². The van der Waals surface area contributed by atoms with E-state index in [-0.39, 0.29) is 18.6 Å². The van der Waals surface area contributed by atoms with Crippen molar-refractivity contribution in [3.05, 3.63) is 33.4 Å². The van der Waals surface area contributed by atoms with Gasteiger partial charge in [-0.2, -0.15) is 0 Å². The summed E-state index contributed by atoms with van der Waals surface area (Å²) in [7, 11) is 1.74. The normalized spacial score (nSPS) is 12.4. The number of nitrogens with zero attached hydrogens (tertiary/aromatic N) is 1. The van der Waals surface area contributed by atoms with Crippen molar-refractivity contribution in [3.8, 4) is 0 Å². The molecule has 1 N–H and O–H groups in total. The van der Waals surface area contributed by atoms with E-state index in [1.165, 1.54) is 16.7 Å². The molecule has 0 saturated carbocycles. The minimum Gasteiger partial charge on any atom is -0.394 e. The number of amides is 1. The Morgan fingerprint density at radius 2 is 1.37 bits per heavy atom. The Labute approximate surface area is 116 Å². The third kappa shape index (κ3) is 2.66. The van der Waals surface area contributed by atoms with Crippen LogP contribution in [0.25, 0.3) is 0 Å². The molecule has 0 bridgehead atoms. The van der Waals surface area contributed by atoms with Crippen molar-refractivity contribution in [3.63, 3.8) is 0 Å². The zero-order valence-corrected chi connectivity index (χ0v) is 13.1. The first-order chi connectivity index (χ1) is 8.73. The highest BCUT2D eigenvalue weighted by Crippen LogP contribution is 2.27. The van der Waals surface area contributed by atoms with Crippen LogP contribution in [-0.4, -0.2) is 35.6 Å². The maximum Gasteiger partial charge on any atom is 0.254 e. The first-order valence-electron chi connectivity index (χ1n) is 6.68. The number of hydrogen-bond donors (Lipinski definition) is 1. The molecule has 0 aliphatic carbocycles. The fourth-order valence-electron chi connectivity index (χ4n) is 2.32. The summed E-state index contributed by atoms with van der Waals surface area (Å²) in [6.07, 6.45) is 0. The molecule has 19 heavy (non-hydrogen) atoms. The molecule has 0 aliphatic heterocycles. The van der Waals surface area contributed by atoms with Crippen molar-refractivity contribution < 1.29 is 9.90 Å². The average molecular weight is 263 g/mol. The Hall–Kier alpha value is -1.35. The predicted octanol–water partition coefficient (Wildman–Crippen LogP) is 2.68. The van der Waals surface area contributed by atoms with E-state index >= 15 is 0 Å². The molecule has 106 valence electrons. The molecule has 0 fully saturated rings. The van der Waals surface area contributed by atoms with Gasteiger partial charge in [-0.3, -0.25) is 4.79 Å². The quantitative estimate of drug-likeness (QED) is 0.911. The van der Waals surface area contributed by atoms with Crippen LogP contribution >= 0.6 is 0 Å². The fraction of sp³-hybridized carbons (Fsp3) is 0.562. The highest BCUT2D eigenvalue weighted by atomic mass is 16.3. The summed E-state index contributed by atoms with van der Waals surface area (Å²) in [5.74, 6) is -0.0113. The van der Waals surface area contributed by atoms with Crippen LogP contribution in [0.3, 0.4) is 0 Å². The van der Waals surface area contributed by atoms with Crippen LogP contribution in [0, 0.1) is 34.6 Å². The summed E-state index contributed by atoms with van der Waals surface area (Å²) in [5.41, 5.74) is 6.48. The van der Waals surface area contributed by atoms with E-state index in [4.69, 9.17) is 0 Å². The second-order valence-electron chi connectivity index (χ2n) is 5.45. The molecule has 0 spiro atoms. The van der Waals surface area contributed by atoms with E-state index in [9.17, 15) is 9.90 Å². The maximum absolute atomic E-state index is 12.6.